The molecule has 28 heavy (non-hydrogen) atoms. The van der Waals surface area contributed by atoms with Gasteiger partial charge in [-0.15, -0.1) is 0 Å². The summed E-state index contributed by atoms with van der Waals surface area (Å²) in [6, 6.07) is 13.6. The van der Waals surface area contributed by atoms with Crippen LogP contribution in [-0.2, 0) is 11.3 Å². The number of rotatable bonds is 6. The maximum absolute atomic E-state index is 12.9. The molecular weight excluding hydrogens is 430 g/mol. The van der Waals surface area contributed by atoms with Crippen LogP contribution in [0.25, 0.3) is 22.5 Å². The van der Waals surface area contributed by atoms with Gasteiger partial charge in [-0.1, -0.05) is 12.1 Å². The van der Waals surface area contributed by atoms with Crippen molar-refractivity contribution in [1.29, 1.82) is 0 Å². The van der Waals surface area contributed by atoms with Crippen molar-refractivity contribution in [1.82, 2.24) is 5.32 Å². The molecule has 0 saturated carbocycles. The normalized spacial score (nSPS) is 10.9. The van der Waals surface area contributed by atoms with Crippen LogP contribution < -0.4 is 15.5 Å². The largest absolute Gasteiger partial charge is 0.476 e. The lowest BCUT2D eigenvalue weighted by Gasteiger charge is -2.10. The van der Waals surface area contributed by atoms with E-state index >= 15 is 0 Å². The zero-order chi connectivity index (χ0) is 19.5. The van der Waals surface area contributed by atoms with Gasteiger partial charge in [-0.2, -0.15) is 0 Å². The van der Waals surface area contributed by atoms with Crippen LogP contribution in [0.1, 0.15) is 5.76 Å². The number of carbonyl (C=O) groups excluding carboxylic acids is 1. The fourth-order valence-corrected chi connectivity index (χ4v) is 2.95. The summed E-state index contributed by atoms with van der Waals surface area (Å²) >= 11 is 3.22. The van der Waals surface area contributed by atoms with Gasteiger partial charge < -0.3 is 23.3 Å². The molecule has 0 aliphatic heterocycles. The van der Waals surface area contributed by atoms with E-state index in [9.17, 15) is 9.59 Å². The predicted octanol–water partition coefficient (Wildman–Crippen LogP) is 4.10. The molecule has 7 nitrogen and oxygen atoms in total. The van der Waals surface area contributed by atoms with Gasteiger partial charge in [-0.3, -0.25) is 9.59 Å². The minimum Gasteiger partial charge on any atom is -0.476 e. The van der Waals surface area contributed by atoms with Gasteiger partial charge in [0.05, 0.1) is 18.2 Å². The number of nitrogens with one attached hydrogen (secondary N) is 1. The Morgan fingerprint density at radius 3 is 2.68 bits per heavy atom. The number of ether oxygens (including phenoxy) is 1. The second kappa shape index (κ2) is 7.77. The van der Waals surface area contributed by atoms with Crippen molar-refractivity contribution in [2.45, 2.75) is 6.54 Å². The summed E-state index contributed by atoms with van der Waals surface area (Å²) in [6.45, 7) is -0.141. The highest BCUT2D eigenvalue weighted by molar-refractivity contribution is 9.10. The molecule has 1 N–H and O–H groups in total. The second-order valence-corrected chi connectivity index (χ2v) is 6.62. The summed E-state index contributed by atoms with van der Waals surface area (Å²) < 4.78 is 22.5. The quantitative estimate of drug-likeness (QED) is 0.481. The first-order chi connectivity index (χ1) is 13.6. The van der Waals surface area contributed by atoms with Crippen LogP contribution in [0.3, 0.4) is 0 Å². The Hall–Kier alpha value is -3.26. The molecule has 0 radical (unpaired) electrons. The van der Waals surface area contributed by atoms with Gasteiger partial charge in [0.1, 0.15) is 11.3 Å². The Morgan fingerprint density at radius 2 is 1.93 bits per heavy atom. The Morgan fingerprint density at radius 1 is 1.07 bits per heavy atom. The van der Waals surface area contributed by atoms with Crippen LogP contribution >= 0.6 is 15.9 Å². The molecule has 3 aromatic heterocycles. The molecule has 4 aromatic rings. The van der Waals surface area contributed by atoms with Crippen LogP contribution in [-0.4, -0.2) is 12.5 Å². The molecule has 0 bridgehead atoms. The first-order valence-electron chi connectivity index (χ1n) is 8.35. The van der Waals surface area contributed by atoms with Crippen LogP contribution in [0, 0.1) is 0 Å². The lowest BCUT2D eigenvalue weighted by atomic mass is 10.2. The van der Waals surface area contributed by atoms with Crippen molar-refractivity contribution in [3.8, 4) is 17.3 Å². The Bertz CT molecular complexity index is 1180. The van der Waals surface area contributed by atoms with Crippen molar-refractivity contribution < 1.29 is 22.8 Å². The third-order valence-corrected chi connectivity index (χ3v) is 4.37. The van der Waals surface area contributed by atoms with Gasteiger partial charge in [0.15, 0.2) is 17.0 Å². The van der Waals surface area contributed by atoms with E-state index in [1.165, 1.54) is 6.26 Å². The lowest BCUT2D eigenvalue weighted by molar-refractivity contribution is -0.123. The fraction of sp³-hybridized carbons (Fsp3) is 0.100. The minimum absolute atomic E-state index is 0.0892. The Kier molecular flexibility index (Phi) is 5.03. The summed E-state index contributed by atoms with van der Waals surface area (Å²) in [5.74, 6) is 0.540. The summed E-state index contributed by atoms with van der Waals surface area (Å²) in [4.78, 5) is 25.0. The molecule has 1 amide bonds. The predicted molar refractivity (Wildman–Crippen MR) is 104 cm³/mol. The molecule has 142 valence electrons. The molecule has 3 heterocycles. The number of amides is 1. The van der Waals surface area contributed by atoms with E-state index in [1.807, 2.05) is 0 Å². The number of hydrogen-bond acceptors (Lipinski definition) is 6. The molecule has 0 saturated heterocycles. The SMILES string of the molecule is O=C(COc1c(-c2ccc(Br)o2)oc2ccccc2c1=O)NCc1ccco1. The van der Waals surface area contributed by atoms with Gasteiger partial charge in [-0.25, -0.2) is 0 Å². The molecule has 0 aliphatic rings. The number of hydrogen-bond donors (Lipinski definition) is 1. The highest BCUT2D eigenvalue weighted by atomic mass is 79.9. The molecule has 4 rings (SSSR count). The zero-order valence-electron chi connectivity index (χ0n) is 14.4. The van der Waals surface area contributed by atoms with Gasteiger partial charge in [-0.05, 0) is 52.3 Å². The molecule has 0 spiro atoms. The number of para-hydroxylation sites is 1. The summed E-state index contributed by atoms with van der Waals surface area (Å²) in [5, 5.41) is 3.00. The van der Waals surface area contributed by atoms with Gasteiger partial charge in [0.25, 0.3) is 5.91 Å². The molecular formula is C20H14BrNO6. The van der Waals surface area contributed by atoms with E-state index in [0.717, 1.165) is 0 Å². The van der Waals surface area contributed by atoms with Crippen LogP contribution in [0.4, 0.5) is 0 Å². The van der Waals surface area contributed by atoms with Gasteiger partial charge in [0.2, 0.25) is 16.9 Å². The Labute approximate surface area is 167 Å². The number of furan rings is 2. The van der Waals surface area contributed by atoms with Crippen LogP contribution in [0.2, 0.25) is 0 Å². The van der Waals surface area contributed by atoms with Crippen molar-refractivity contribution in [3.63, 3.8) is 0 Å². The summed E-state index contributed by atoms with van der Waals surface area (Å²) in [5.41, 5.74) is 0.00727. The molecule has 0 aliphatic carbocycles. The topological polar surface area (TPSA) is 94.8 Å². The number of benzene rings is 1. The lowest BCUT2D eigenvalue weighted by Crippen LogP contribution is -2.29. The minimum atomic E-state index is -0.407. The number of fused-ring (bicyclic) bond motifs is 1. The van der Waals surface area contributed by atoms with E-state index < -0.39 is 5.91 Å². The highest BCUT2D eigenvalue weighted by Crippen LogP contribution is 2.33. The van der Waals surface area contributed by atoms with E-state index in [0.29, 0.717) is 27.2 Å². The third-order valence-electron chi connectivity index (χ3n) is 3.94. The fourth-order valence-electron chi connectivity index (χ4n) is 2.64. The molecule has 0 unspecified atom stereocenters. The van der Waals surface area contributed by atoms with Crippen LogP contribution in [0.5, 0.6) is 5.75 Å². The van der Waals surface area contributed by atoms with Gasteiger partial charge >= 0.3 is 0 Å². The van der Waals surface area contributed by atoms with Crippen molar-refractivity contribution in [2.24, 2.45) is 0 Å². The van der Waals surface area contributed by atoms with Crippen molar-refractivity contribution in [3.05, 3.63) is 75.4 Å². The van der Waals surface area contributed by atoms with Crippen LogP contribution in [0.15, 0.2) is 77.5 Å². The average Bonchev–Trinajstić information content (AvgIpc) is 3.37. The van der Waals surface area contributed by atoms with E-state index in [-0.39, 0.29) is 30.1 Å². The maximum atomic E-state index is 12.9. The zero-order valence-corrected chi connectivity index (χ0v) is 16.0. The van der Waals surface area contributed by atoms with Crippen molar-refractivity contribution in [2.75, 3.05) is 6.61 Å². The maximum Gasteiger partial charge on any atom is 0.258 e. The molecule has 1 aromatic carbocycles. The van der Waals surface area contributed by atoms with E-state index in [2.05, 4.69) is 21.2 Å². The summed E-state index contributed by atoms with van der Waals surface area (Å²) in [7, 11) is 0. The Balaban J connectivity index is 1.62. The van der Waals surface area contributed by atoms with E-state index in [4.69, 9.17) is 18.0 Å². The average molecular weight is 444 g/mol. The summed E-state index contributed by atoms with van der Waals surface area (Å²) in [6.07, 6.45) is 1.52. The second-order valence-electron chi connectivity index (χ2n) is 5.83. The highest BCUT2D eigenvalue weighted by Gasteiger charge is 2.21. The first kappa shape index (κ1) is 18.1. The number of carbonyl (C=O) groups is 1. The first-order valence-corrected chi connectivity index (χ1v) is 9.14. The molecule has 0 fully saturated rings. The standard InChI is InChI=1S/C20H14BrNO6/c21-16-8-7-15(27-16)19-20(18(24)13-5-1-2-6-14(13)28-19)26-11-17(23)22-10-12-4-3-9-25-12/h1-9H,10-11H2,(H,22,23). The smallest absolute Gasteiger partial charge is 0.258 e. The van der Waals surface area contributed by atoms with Crippen molar-refractivity contribution >= 4 is 32.8 Å². The molecule has 0 atom stereocenters. The molecule has 8 heteroatoms. The van der Waals surface area contributed by atoms with E-state index in [1.54, 1.807) is 48.5 Å². The number of halogens is 1. The monoisotopic (exact) mass is 443 g/mol. The third kappa shape index (κ3) is 3.72. The van der Waals surface area contributed by atoms with Gasteiger partial charge in [0, 0.05) is 0 Å².